The molecule has 1 nitrogen and oxygen atoms in total. The highest BCUT2D eigenvalue weighted by molar-refractivity contribution is 5.53. The molecular weight excluding hydrogens is 411 g/mol. The van der Waals surface area contributed by atoms with E-state index in [0.29, 0.717) is 12.0 Å². The zero-order valence-electron chi connectivity index (χ0n) is 17.3. The minimum absolute atomic E-state index is 0.0683. The van der Waals surface area contributed by atoms with Crippen LogP contribution in [0.25, 0.3) is 12.2 Å². The molecule has 0 heterocycles. The van der Waals surface area contributed by atoms with Gasteiger partial charge in [-0.25, -0.2) is 8.78 Å². The molecule has 0 N–H and O–H groups in total. The quantitative estimate of drug-likeness (QED) is 0.418. The van der Waals surface area contributed by atoms with E-state index in [1.807, 2.05) is 18.2 Å². The Labute approximate surface area is 179 Å². The number of alkyl halides is 3. The molecule has 1 saturated carbocycles. The van der Waals surface area contributed by atoms with Crippen LogP contribution in [0.15, 0.2) is 48.6 Å². The monoisotopic (exact) mass is 436 g/mol. The minimum Gasteiger partial charge on any atom is -0.489 e. The van der Waals surface area contributed by atoms with E-state index in [2.05, 4.69) is 19.1 Å². The third-order valence-electron chi connectivity index (χ3n) is 5.57. The van der Waals surface area contributed by atoms with Crippen molar-refractivity contribution < 1.29 is 26.7 Å². The lowest BCUT2D eigenvalue weighted by Gasteiger charge is -2.26. The summed E-state index contributed by atoms with van der Waals surface area (Å²) >= 11 is 0. The maximum absolute atomic E-state index is 13.9. The second-order valence-corrected chi connectivity index (χ2v) is 8.01. The number of ether oxygens (including phenoxy) is 1. The van der Waals surface area contributed by atoms with E-state index in [1.54, 1.807) is 6.08 Å². The summed E-state index contributed by atoms with van der Waals surface area (Å²) in [6.45, 7) is 2.37. The Hall–Kier alpha value is -2.63. The summed E-state index contributed by atoms with van der Waals surface area (Å²) in [4.78, 5) is 0. The highest BCUT2D eigenvalue weighted by atomic mass is 19.4. The molecule has 0 aromatic heterocycles. The fraction of sp³-hybridized carbons (Fsp3) is 0.360. The Balaban J connectivity index is 1.54. The number of rotatable bonds is 6. The third-order valence-corrected chi connectivity index (χ3v) is 5.57. The van der Waals surface area contributed by atoms with Crippen LogP contribution in [0.4, 0.5) is 22.0 Å². The maximum Gasteiger partial charge on any atom is 0.409 e. The summed E-state index contributed by atoms with van der Waals surface area (Å²) in [5.41, 5.74) is 1.58. The summed E-state index contributed by atoms with van der Waals surface area (Å²) in [5, 5.41) is 0. The Morgan fingerprint density at radius 1 is 0.935 bits per heavy atom. The first-order chi connectivity index (χ1) is 14.7. The van der Waals surface area contributed by atoms with Crippen molar-refractivity contribution in [1.29, 1.82) is 0 Å². The lowest BCUT2D eigenvalue weighted by Crippen LogP contribution is -2.10. The van der Waals surface area contributed by atoms with Crippen molar-refractivity contribution in [2.45, 2.75) is 44.7 Å². The Morgan fingerprint density at radius 2 is 1.55 bits per heavy atom. The van der Waals surface area contributed by atoms with Crippen LogP contribution in [0.5, 0.6) is 5.75 Å². The molecule has 0 unspecified atom stereocenters. The molecule has 0 saturated heterocycles. The van der Waals surface area contributed by atoms with Crippen LogP contribution in [0, 0.1) is 17.6 Å². The van der Waals surface area contributed by atoms with Crippen molar-refractivity contribution in [2.75, 3.05) is 6.61 Å². The van der Waals surface area contributed by atoms with Crippen LogP contribution in [0.2, 0.25) is 0 Å². The molecule has 0 aliphatic heterocycles. The van der Waals surface area contributed by atoms with E-state index >= 15 is 0 Å². The standard InChI is InChI=1S/C25H25F5O/c1-17-4-8-19(9-5-17)20-10-6-18(7-11-20)3-2-14-31-21-15-23(26)22(24(27)16-21)12-13-25(28,29)30/h2-3,6-7,10-13,15-17,19H,4-5,8-9,14H2,1H3/b3-2+,13-12+. The molecule has 1 aliphatic carbocycles. The molecule has 0 amide bonds. The smallest absolute Gasteiger partial charge is 0.409 e. The van der Waals surface area contributed by atoms with Gasteiger partial charge in [-0.1, -0.05) is 50.1 Å². The van der Waals surface area contributed by atoms with Gasteiger partial charge in [-0.3, -0.25) is 0 Å². The van der Waals surface area contributed by atoms with Crippen LogP contribution in [0.3, 0.4) is 0 Å². The summed E-state index contributed by atoms with van der Waals surface area (Å²) < 4.78 is 69.7. The first kappa shape index (κ1) is 23.0. The van der Waals surface area contributed by atoms with Gasteiger partial charge in [-0.15, -0.1) is 0 Å². The number of hydrogen-bond acceptors (Lipinski definition) is 1. The molecule has 3 rings (SSSR count). The van der Waals surface area contributed by atoms with E-state index in [4.69, 9.17) is 4.74 Å². The minimum atomic E-state index is -4.65. The zero-order valence-corrected chi connectivity index (χ0v) is 17.3. The van der Waals surface area contributed by atoms with Crippen molar-refractivity contribution in [3.05, 3.63) is 76.9 Å². The molecule has 0 radical (unpaired) electrons. The van der Waals surface area contributed by atoms with Gasteiger partial charge in [0.05, 0.1) is 0 Å². The van der Waals surface area contributed by atoms with Crippen molar-refractivity contribution in [3.63, 3.8) is 0 Å². The molecule has 1 fully saturated rings. The van der Waals surface area contributed by atoms with E-state index in [0.717, 1.165) is 23.6 Å². The molecule has 6 heteroatoms. The first-order valence-electron chi connectivity index (χ1n) is 10.4. The van der Waals surface area contributed by atoms with E-state index < -0.39 is 23.4 Å². The van der Waals surface area contributed by atoms with Crippen molar-refractivity contribution in [1.82, 2.24) is 0 Å². The predicted molar refractivity (Wildman–Crippen MR) is 113 cm³/mol. The predicted octanol–water partition coefficient (Wildman–Crippen LogP) is 7.93. The van der Waals surface area contributed by atoms with Crippen LogP contribution >= 0.6 is 0 Å². The van der Waals surface area contributed by atoms with Gasteiger partial charge < -0.3 is 4.74 Å². The zero-order chi connectivity index (χ0) is 22.4. The highest BCUT2D eigenvalue weighted by Crippen LogP contribution is 2.35. The lowest BCUT2D eigenvalue weighted by atomic mass is 9.79. The van der Waals surface area contributed by atoms with Gasteiger partial charge in [-0.2, -0.15) is 13.2 Å². The van der Waals surface area contributed by atoms with E-state index in [-0.39, 0.29) is 18.4 Å². The Bertz CT molecular complexity index is 897. The van der Waals surface area contributed by atoms with Crippen molar-refractivity contribution >= 4 is 12.2 Å². The van der Waals surface area contributed by atoms with Crippen LogP contribution in [-0.4, -0.2) is 12.8 Å². The van der Waals surface area contributed by atoms with Crippen LogP contribution in [0.1, 0.15) is 55.2 Å². The normalized spacial score (nSPS) is 19.9. The number of benzene rings is 2. The summed E-state index contributed by atoms with van der Waals surface area (Å²) in [6.07, 6.45) is 4.05. The van der Waals surface area contributed by atoms with Gasteiger partial charge >= 0.3 is 6.18 Å². The molecule has 0 bridgehead atoms. The lowest BCUT2D eigenvalue weighted by molar-refractivity contribution is -0.0790. The van der Waals surface area contributed by atoms with Gasteiger partial charge in [-0.05, 0) is 48.0 Å². The van der Waals surface area contributed by atoms with Crippen LogP contribution < -0.4 is 4.74 Å². The summed E-state index contributed by atoms with van der Waals surface area (Å²) in [6, 6.07) is 10.1. The second-order valence-electron chi connectivity index (χ2n) is 8.01. The SMILES string of the molecule is CC1CCC(c2ccc(/C=C/COc3cc(F)c(/C=C/C(F)(F)F)c(F)c3)cc2)CC1. The Morgan fingerprint density at radius 3 is 2.13 bits per heavy atom. The average molecular weight is 436 g/mol. The molecule has 1 aliphatic rings. The van der Waals surface area contributed by atoms with Gasteiger partial charge in [0.2, 0.25) is 0 Å². The molecule has 31 heavy (non-hydrogen) atoms. The van der Waals surface area contributed by atoms with Crippen molar-refractivity contribution in [2.24, 2.45) is 5.92 Å². The largest absolute Gasteiger partial charge is 0.489 e. The topological polar surface area (TPSA) is 9.23 Å². The van der Waals surface area contributed by atoms with E-state index in [1.165, 1.54) is 31.2 Å². The first-order valence-corrected chi connectivity index (χ1v) is 10.4. The van der Waals surface area contributed by atoms with Gasteiger partial charge in [0.1, 0.15) is 24.0 Å². The molecule has 2 aromatic rings. The maximum atomic E-state index is 13.9. The fourth-order valence-corrected chi connectivity index (χ4v) is 3.78. The molecule has 0 atom stereocenters. The average Bonchev–Trinajstić information content (AvgIpc) is 2.71. The van der Waals surface area contributed by atoms with Gasteiger partial charge in [0.15, 0.2) is 0 Å². The van der Waals surface area contributed by atoms with E-state index in [9.17, 15) is 22.0 Å². The molecule has 166 valence electrons. The molecular formula is C25H25F5O. The number of allylic oxidation sites excluding steroid dienone is 1. The van der Waals surface area contributed by atoms with Gasteiger partial charge in [0.25, 0.3) is 0 Å². The molecule has 0 spiro atoms. The molecule has 2 aromatic carbocycles. The Kier molecular flexibility index (Phi) is 7.52. The van der Waals surface area contributed by atoms with Crippen molar-refractivity contribution in [3.8, 4) is 5.75 Å². The van der Waals surface area contributed by atoms with Crippen LogP contribution in [-0.2, 0) is 0 Å². The second kappa shape index (κ2) is 10.1. The summed E-state index contributed by atoms with van der Waals surface area (Å²) in [5.74, 6) is -0.894. The van der Waals surface area contributed by atoms with Gasteiger partial charge in [0, 0.05) is 23.8 Å². The summed E-state index contributed by atoms with van der Waals surface area (Å²) in [7, 11) is 0. The highest BCUT2D eigenvalue weighted by Gasteiger charge is 2.23. The number of hydrogen-bond donors (Lipinski definition) is 0. The third kappa shape index (κ3) is 6.94. The fourth-order valence-electron chi connectivity index (χ4n) is 3.78. The number of halogens is 5.